The van der Waals surface area contributed by atoms with Crippen molar-refractivity contribution in [2.24, 2.45) is 0 Å². The zero-order valence-electron chi connectivity index (χ0n) is 10.1. The highest BCUT2D eigenvalue weighted by Crippen LogP contribution is 2.26. The van der Waals surface area contributed by atoms with Crippen molar-refractivity contribution in [2.75, 3.05) is 5.73 Å². The Morgan fingerprint density at radius 2 is 2.00 bits per heavy atom. The molecule has 0 spiro atoms. The minimum atomic E-state index is 0.918. The molecule has 2 aromatic carbocycles. The lowest BCUT2D eigenvalue weighted by molar-refractivity contribution is 0.796. The van der Waals surface area contributed by atoms with E-state index in [4.69, 9.17) is 5.73 Å². The van der Waals surface area contributed by atoms with Crippen LogP contribution in [0.5, 0.6) is 0 Å². The fourth-order valence-corrected chi connectivity index (χ4v) is 2.24. The van der Waals surface area contributed by atoms with Crippen LogP contribution >= 0.6 is 0 Å². The van der Waals surface area contributed by atoms with E-state index in [0.717, 1.165) is 12.1 Å². The zero-order chi connectivity index (χ0) is 11.5. The lowest BCUT2D eigenvalue weighted by Gasteiger charge is -2.09. The lowest BCUT2D eigenvalue weighted by Crippen LogP contribution is -1.93. The smallest absolute Gasteiger partial charge is 0.0399 e. The predicted octanol–water partition coefficient (Wildman–Crippen LogP) is 4.07. The second-order valence-electron chi connectivity index (χ2n) is 4.46. The van der Waals surface area contributed by atoms with Crippen LogP contribution in [0.1, 0.15) is 30.9 Å². The molecule has 1 nitrogen and oxygen atoms in total. The first-order valence-corrected chi connectivity index (χ1v) is 6.00. The van der Waals surface area contributed by atoms with Gasteiger partial charge in [0.15, 0.2) is 0 Å². The Morgan fingerprint density at radius 1 is 1.19 bits per heavy atom. The normalized spacial score (nSPS) is 10.9. The first-order valence-electron chi connectivity index (χ1n) is 6.00. The van der Waals surface area contributed by atoms with Gasteiger partial charge in [0.1, 0.15) is 0 Å². The van der Waals surface area contributed by atoms with Gasteiger partial charge in [-0.15, -0.1) is 0 Å². The summed E-state index contributed by atoms with van der Waals surface area (Å²) in [5, 5.41) is 2.48. The zero-order valence-corrected chi connectivity index (χ0v) is 10.1. The van der Waals surface area contributed by atoms with Gasteiger partial charge in [-0.25, -0.2) is 0 Å². The number of hydrogen-bond acceptors (Lipinski definition) is 1. The molecule has 84 valence electrons. The van der Waals surface area contributed by atoms with E-state index in [2.05, 4.69) is 44.2 Å². The van der Waals surface area contributed by atoms with E-state index in [-0.39, 0.29) is 0 Å². The number of unbranched alkanes of at least 4 members (excludes halogenated alkanes) is 1. The molecule has 0 aliphatic heterocycles. The van der Waals surface area contributed by atoms with Crippen LogP contribution in [0.3, 0.4) is 0 Å². The van der Waals surface area contributed by atoms with Crippen LogP contribution in [0, 0.1) is 6.92 Å². The van der Waals surface area contributed by atoms with Crippen LogP contribution in [-0.2, 0) is 6.42 Å². The minimum absolute atomic E-state index is 0.918. The van der Waals surface area contributed by atoms with Gasteiger partial charge in [-0.1, -0.05) is 37.6 Å². The van der Waals surface area contributed by atoms with E-state index in [1.54, 1.807) is 0 Å². The van der Waals surface area contributed by atoms with Crippen LogP contribution in [0.15, 0.2) is 30.3 Å². The number of benzene rings is 2. The number of rotatable bonds is 3. The van der Waals surface area contributed by atoms with Gasteiger partial charge in [-0.2, -0.15) is 0 Å². The minimum Gasteiger partial charge on any atom is -0.398 e. The Morgan fingerprint density at radius 3 is 2.75 bits per heavy atom. The maximum absolute atomic E-state index is 6.13. The number of nitrogen functional groups attached to an aromatic ring is 1. The van der Waals surface area contributed by atoms with Crippen molar-refractivity contribution in [1.82, 2.24) is 0 Å². The molecule has 1 heteroatoms. The Bertz CT molecular complexity index is 500. The molecule has 0 amide bonds. The average Bonchev–Trinajstić information content (AvgIpc) is 2.26. The molecule has 0 atom stereocenters. The van der Waals surface area contributed by atoms with Crippen molar-refractivity contribution in [3.8, 4) is 0 Å². The molecule has 2 N–H and O–H groups in total. The first-order chi connectivity index (χ1) is 7.72. The summed E-state index contributed by atoms with van der Waals surface area (Å²) < 4.78 is 0. The van der Waals surface area contributed by atoms with Crippen LogP contribution in [0.2, 0.25) is 0 Å². The molecule has 2 aromatic rings. The maximum atomic E-state index is 6.13. The lowest BCUT2D eigenvalue weighted by atomic mass is 9.99. The van der Waals surface area contributed by atoms with Crippen LogP contribution in [0.4, 0.5) is 5.69 Å². The fraction of sp³-hybridized carbons (Fsp3) is 0.333. The van der Waals surface area contributed by atoms with Gasteiger partial charge in [0, 0.05) is 11.1 Å². The Hall–Kier alpha value is -1.50. The molecule has 0 bridgehead atoms. The molecule has 0 saturated carbocycles. The summed E-state index contributed by atoms with van der Waals surface area (Å²) in [6.07, 6.45) is 3.59. The van der Waals surface area contributed by atoms with E-state index in [0.29, 0.717) is 0 Å². The van der Waals surface area contributed by atoms with Crippen LogP contribution in [0.25, 0.3) is 10.8 Å². The third-order valence-electron chi connectivity index (χ3n) is 3.09. The maximum Gasteiger partial charge on any atom is 0.0399 e. The third-order valence-corrected chi connectivity index (χ3v) is 3.09. The quantitative estimate of drug-likeness (QED) is 0.764. The number of hydrogen-bond donors (Lipinski definition) is 1. The van der Waals surface area contributed by atoms with Gasteiger partial charge in [-0.05, 0) is 42.3 Å². The molecule has 0 fully saturated rings. The van der Waals surface area contributed by atoms with Crippen molar-refractivity contribution in [2.45, 2.75) is 33.1 Å². The first kappa shape index (κ1) is 11.0. The highest BCUT2D eigenvalue weighted by Gasteiger charge is 2.03. The molecule has 0 unspecified atom stereocenters. The van der Waals surface area contributed by atoms with Gasteiger partial charge >= 0.3 is 0 Å². The van der Waals surface area contributed by atoms with Gasteiger partial charge in [-0.3, -0.25) is 0 Å². The Balaban J connectivity index is 2.51. The molecular weight excluding hydrogens is 194 g/mol. The number of fused-ring (bicyclic) bond motifs is 1. The monoisotopic (exact) mass is 213 g/mol. The topological polar surface area (TPSA) is 26.0 Å². The standard InChI is InChI=1S/C15H19N/c1-3-4-7-12-9-13-8-5-6-11(2)15(13)14(16)10-12/h5-6,8-10H,3-4,7,16H2,1-2H3. The summed E-state index contributed by atoms with van der Waals surface area (Å²) in [6, 6.07) is 10.8. The van der Waals surface area contributed by atoms with Gasteiger partial charge < -0.3 is 5.73 Å². The summed E-state index contributed by atoms with van der Waals surface area (Å²) >= 11 is 0. The molecule has 0 saturated heterocycles. The molecule has 0 aromatic heterocycles. The number of aryl methyl sites for hydroxylation is 2. The highest BCUT2D eigenvalue weighted by atomic mass is 14.6. The van der Waals surface area contributed by atoms with E-state index in [1.807, 2.05) is 0 Å². The Kier molecular flexibility index (Phi) is 3.14. The molecule has 0 heterocycles. The second-order valence-corrected chi connectivity index (χ2v) is 4.46. The van der Waals surface area contributed by atoms with Crippen LogP contribution in [-0.4, -0.2) is 0 Å². The highest BCUT2D eigenvalue weighted by molar-refractivity contribution is 5.96. The number of anilines is 1. The summed E-state index contributed by atoms with van der Waals surface area (Å²) in [6.45, 7) is 4.33. The van der Waals surface area contributed by atoms with E-state index in [1.165, 1.54) is 34.7 Å². The van der Waals surface area contributed by atoms with E-state index in [9.17, 15) is 0 Å². The average molecular weight is 213 g/mol. The van der Waals surface area contributed by atoms with E-state index < -0.39 is 0 Å². The molecular formula is C15H19N. The SMILES string of the molecule is CCCCc1cc(N)c2c(C)cccc2c1. The fourth-order valence-electron chi connectivity index (χ4n) is 2.24. The van der Waals surface area contributed by atoms with E-state index >= 15 is 0 Å². The largest absolute Gasteiger partial charge is 0.398 e. The number of nitrogens with two attached hydrogens (primary N) is 1. The van der Waals surface area contributed by atoms with Crippen molar-refractivity contribution in [3.63, 3.8) is 0 Å². The van der Waals surface area contributed by atoms with Crippen LogP contribution < -0.4 is 5.73 Å². The van der Waals surface area contributed by atoms with Crippen molar-refractivity contribution in [3.05, 3.63) is 41.5 Å². The molecule has 16 heavy (non-hydrogen) atoms. The Labute approximate surface area is 97.3 Å². The molecule has 0 aliphatic carbocycles. The molecule has 0 aliphatic rings. The summed E-state index contributed by atoms with van der Waals surface area (Å²) in [5.74, 6) is 0. The molecule has 0 radical (unpaired) electrons. The van der Waals surface area contributed by atoms with Gasteiger partial charge in [0.2, 0.25) is 0 Å². The van der Waals surface area contributed by atoms with Crippen molar-refractivity contribution >= 4 is 16.5 Å². The van der Waals surface area contributed by atoms with Gasteiger partial charge in [0.25, 0.3) is 0 Å². The summed E-state index contributed by atoms with van der Waals surface area (Å²) in [5.41, 5.74) is 9.67. The second kappa shape index (κ2) is 4.56. The van der Waals surface area contributed by atoms with Crippen molar-refractivity contribution < 1.29 is 0 Å². The predicted molar refractivity (Wildman–Crippen MR) is 71.7 cm³/mol. The summed E-state index contributed by atoms with van der Waals surface area (Å²) in [7, 11) is 0. The molecule has 2 rings (SSSR count). The summed E-state index contributed by atoms with van der Waals surface area (Å²) in [4.78, 5) is 0. The third kappa shape index (κ3) is 2.04. The van der Waals surface area contributed by atoms with Crippen molar-refractivity contribution in [1.29, 1.82) is 0 Å². The van der Waals surface area contributed by atoms with Gasteiger partial charge in [0.05, 0.1) is 0 Å².